The molecule has 1 fully saturated rings. The molecule has 3 atom stereocenters. The lowest BCUT2D eigenvalue weighted by Crippen LogP contribution is -2.48. The first-order valence-electron chi connectivity index (χ1n) is 9.03. The van der Waals surface area contributed by atoms with Gasteiger partial charge in [-0.2, -0.15) is 0 Å². The van der Waals surface area contributed by atoms with Crippen molar-refractivity contribution in [1.82, 2.24) is 4.90 Å². The number of nitrogens with zero attached hydrogens (tertiary/aromatic N) is 1. The van der Waals surface area contributed by atoms with E-state index >= 15 is 0 Å². The highest BCUT2D eigenvalue weighted by atomic mass is 19.1. The van der Waals surface area contributed by atoms with E-state index in [4.69, 9.17) is 4.74 Å². The summed E-state index contributed by atoms with van der Waals surface area (Å²) in [6, 6.07) is 13.9. The number of carbonyl (C=O) groups excluding carboxylic acids is 1. The second-order valence-corrected chi connectivity index (χ2v) is 6.92. The fourth-order valence-electron chi connectivity index (χ4n) is 3.92. The zero-order chi connectivity index (χ0) is 18.1. The molecule has 1 saturated heterocycles. The minimum absolute atomic E-state index is 0.104. The van der Waals surface area contributed by atoms with E-state index in [0.717, 1.165) is 17.5 Å². The molecule has 2 heterocycles. The zero-order valence-corrected chi connectivity index (χ0v) is 14.4. The second kappa shape index (κ2) is 7.16. The Labute approximate surface area is 151 Å². The average Bonchev–Trinajstić information content (AvgIpc) is 2.67. The largest absolute Gasteiger partial charge is 0.368 e. The van der Waals surface area contributed by atoms with Crippen LogP contribution in [0.2, 0.25) is 0 Å². The molecule has 5 heteroatoms. The van der Waals surface area contributed by atoms with Gasteiger partial charge in [-0.1, -0.05) is 36.4 Å². The Morgan fingerprint density at radius 1 is 1.12 bits per heavy atom. The maximum atomic E-state index is 13.8. The molecule has 0 radical (unpaired) electrons. The van der Waals surface area contributed by atoms with Gasteiger partial charge in [0.1, 0.15) is 18.1 Å². The number of ether oxygens (including phenoxy) is 1. The number of rotatable bonds is 2. The third kappa shape index (κ3) is 3.23. The van der Waals surface area contributed by atoms with Gasteiger partial charge < -0.3 is 9.64 Å². The van der Waals surface area contributed by atoms with Crippen LogP contribution in [0.4, 0.5) is 8.78 Å². The molecule has 0 aromatic heterocycles. The topological polar surface area (TPSA) is 29.5 Å². The van der Waals surface area contributed by atoms with Gasteiger partial charge in [-0.05, 0) is 35.2 Å². The molecule has 136 valence electrons. The first-order valence-corrected chi connectivity index (χ1v) is 9.03. The van der Waals surface area contributed by atoms with E-state index in [-0.39, 0.29) is 30.8 Å². The standard InChI is InChI=1S/C21H21F2NO2/c22-16-7-5-15(6-8-16)20-18-4-2-1-3-14(18)9-11-24(20)21(25)19-13-17(23)10-12-26-19/h1-8,17,19-20H,9-13H2/t17-,19-,20+/m1/s1. The molecule has 0 N–H and O–H groups in total. The quantitative estimate of drug-likeness (QED) is 0.818. The molecule has 1 amide bonds. The molecule has 0 saturated carbocycles. The highest BCUT2D eigenvalue weighted by Gasteiger charge is 2.37. The number of hydrogen-bond donors (Lipinski definition) is 0. The lowest BCUT2D eigenvalue weighted by molar-refractivity contribution is -0.151. The Morgan fingerprint density at radius 3 is 2.65 bits per heavy atom. The van der Waals surface area contributed by atoms with Gasteiger partial charge in [0.05, 0.1) is 12.6 Å². The van der Waals surface area contributed by atoms with Crippen molar-refractivity contribution in [2.45, 2.75) is 37.6 Å². The summed E-state index contributed by atoms with van der Waals surface area (Å²) in [5.74, 6) is -0.497. The maximum Gasteiger partial charge on any atom is 0.252 e. The highest BCUT2D eigenvalue weighted by Crippen LogP contribution is 2.36. The third-order valence-corrected chi connectivity index (χ3v) is 5.25. The van der Waals surface area contributed by atoms with Crippen molar-refractivity contribution < 1.29 is 18.3 Å². The summed E-state index contributed by atoms with van der Waals surface area (Å²) < 4.78 is 32.7. The van der Waals surface area contributed by atoms with Crippen molar-refractivity contribution in [1.29, 1.82) is 0 Å². The van der Waals surface area contributed by atoms with Crippen LogP contribution in [0.25, 0.3) is 0 Å². The van der Waals surface area contributed by atoms with E-state index in [1.807, 2.05) is 18.2 Å². The van der Waals surface area contributed by atoms with Gasteiger partial charge in [-0.25, -0.2) is 8.78 Å². The number of hydrogen-bond acceptors (Lipinski definition) is 2. The molecular formula is C21H21F2NO2. The van der Waals surface area contributed by atoms with Crippen molar-refractivity contribution >= 4 is 5.91 Å². The normalized spacial score (nSPS) is 25.6. The lowest BCUT2D eigenvalue weighted by atomic mass is 9.87. The summed E-state index contributed by atoms with van der Waals surface area (Å²) in [6.45, 7) is 0.803. The van der Waals surface area contributed by atoms with Crippen molar-refractivity contribution in [2.24, 2.45) is 0 Å². The van der Waals surface area contributed by atoms with Gasteiger partial charge in [0.15, 0.2) is 0 Å². The summed E-state index contributed by atoms with van der Waals surface area (Å²) in [4.78, 5) is 14.9. The Bertz CT molecular complexity index is 793. The minimum Gasteiger partial charge on any atom is -0.368 e. The molecule has 0 spiro atoms. The number of halogens is 2. The monoisotopic (exact) mass is 357 g/mol. The van der Waals surface area contributed by atoms with Crippen LogP contribution in [0.15, 0.2) is 48.5 Å². The van der Waals surface area contributed by atoms with Gasteiger partial charge >= 0.3 is 0 Å². The van der Waals surface area contributed by atoms with Crippen LogP contribution in [0.5, 0.6) is 0 Å². The van der Waals surface area contributed by atoms with Crippen LogP contribution in [-0.2, 0) is 16.0 Å². The average molecular weight is 357 g/mol. The van der Waals surface area contributed by atoms with Crippen LogP contribution in [-0.4, -0.2) is 36.2 Å². The molecule has 2 aliphatic heterocycles. The Balaban J connectivity index is 1.71. The summed E-state index contributed by atoms with van der Waals surface area (Å²) in [6.07, 6.45) is -0.557. The number of amides is 1. The van der Waals surface area contributed by atoms with E-state index in [9.17, 15) is 13.6 Å². The van der Waals surface area contributed by atoms with Gasteiger partial charge in [0.25, 0.3) is 5.91 Å². The Kier molecular flexibility index (Phi) is 4.72. The van der Waals surface area contributed by atoms with Gasteiger partial charge in [-0.3, -0.25) is 4.79 Å². The minimum atomic E-state index is -1.00. The lowest BCUT2D eigenvalue weighted by Gasteiger charge is -2.40. The number of carbonyl (C=O) groups is 1. The summed E-state index contributed by atoms with van der Waals surface area (Å²) in [5.41, 5.74) is 3.06. The maximum absolute atomic E-state index is 13.8. The van der Waals surface area contributed by atoms with Crippen LogP contribution in [0, 0.1) is 5.82 Å². The van der Waals surface area contributed by atoms with Crippen LogP contribution in [0.3, 0.4) is 0 Å². The Hall–Kier alpha value is -2.27. The van der Waals surface area contributed by atoms with Crippen molar-refractivity contribution in [3.63, 3.8) is 0 Å². The van der Waals surface area contributed by atoms with Crippen molar-refractivity contribution in [3.05, 3.63) is 71.0 Å². The zero-order valence-electron chi connectivity index (χ0n) is 14.4. The van der Waals surface area contributed by atoms with Crippen molar-refractivity contribution in [2.75, 3.05) is 13.2 Å². The molecule has 2 aliphatic rings. The number of alkyl halides is 1. The molecule has 0 bridgehead atoms. The molecule has 3 nitrogen and oxygen atoms in total. The first kappa shape index (κ1) is 17.2. The van der Waals surface area contributed by atoms with Gasteiger partial charge in [0, 0.05) is 19.4 Å². The first-order chi connectivity index (χ1) is 12.6. The summed E-state index contributed by atoms with van der Waals surface area (Å²) in [7, 11) is 0. The van der Waals surface area contributed by atoms with E-state index in [1.165, 1.54) is 17.7 Å². The molecule has 4 rings (SSSR count). The van der Waals surface area contributed by atoms with Gasteiger partial charge in [-0.15, -0.1) is 0 Å². The second-order valence-electron chi connectivity index (χ2n) is 6.92. The molecular weight excluding hydrogens is 336 g/mol. The molecule has 0 unspecified atom stereocenters. The fourth-order valence-corrected chi connectivity index (χ4v) is 3.92. The van der Waals surface area contributed by atoms with Crippen LogP contribution < -0.4 is 0 Å². The third-order valence-electron chi connectivity index (χ3n) is 5.25. The van der Waals surface area contributed by atoms with Crippen molar-refractivity contribution in [3.8, 4) is 0 Å². The van der Waals surface area contributed by atoms with E-state index in [2.05, 4.69) is 6.07 Å². The molecule has 2 aromatic carbocycles. The van der Waals surface area contributed by atoms with E-state index in [1.54, 1.807) is 17.0 Å². The number of fused-ring (bicyclic) bond motifs is 1. The predicted molar refractivity (Wildman–Crippen MR) is 94.0 cm³/mol. The molecule has 2 aromatic rings. The smallest absolute Gasteiger partial charge is 0.252 e. The predicted octanol–water partition coefficient (Wildman–Crippen LogP) is 3.82. The van der Waals surface area contributed by atoms with E-state index in [0.29, 0.717) is 13.0 Å². The highest BCUT2D eigenvalue weighted by molar-refractivity contribution is 5.82. The summed E-state index contributed by atoms with van der Waals surface area (Å²) >= 11 is 0. The van der Waals surface area contributed by atoms with Crippen LogP contribution in [0.1, 0.15) is 35.6 Å². The van der Waals surface area contributed by atoms with Gasteiger partial charge in [0.2, 0.25) is 0 Å². The summed E-state index contributed by atoms with van der Waals surface area (Å²) in [5, 5.41) is 0. The number of benzene rings is 2. The van der Waals surface area contributed by atoms with E-state index < -0.39 is 12.3 Å². The fraction of sp³-hybridized carbons (Fsp3) is 0.381. The SMILES string of the molecule is O=C([C@H]1C[C@H](F)CCO1)N1CCc2ccccc2[C@@H]1c1ccc(F)cc1. The molecule has 26 heavy (non-hydrogen) atoms. The Morgan fingerprint density at radius 2 is 1.88 bits per heavy atom. The molecule has 0 aliphatic carbocycles. The van der Waals surface area contributed by atoms with Crippen LogP contribution >= 0.6 is 0 Å².